The maximum Gasteiger partial charge on any atom is 0.387 e. The molecule has 25 heavy (non-hydrogen) atoms. The van der Waals surface area contributed by atoms with Gasteiger partial charge in [-0.25, -0.2) is 13.2 Å². The first-order valence-corrected chi connectivity index (χ1v) is 7.11. The fraction of sp³-hybridized carbons (Fsp3) is 0.312. The van der Waals surface area contributed by atoms with E-state index >= 15 is 0 Å². The van der Waals surface area contributed by atoms with Crippen LogP contribution in [0.3, 0.4) is 0 Å². The molecule has 0 fully saturated rings. The predicted molar refractivity (Wildman–Crippen MR) is 79.3 cm³/mol. The molecule has 0 saturated heterocycles. The number of aldehydes is 1. The molecule has 0 spiro atoms. The molecule has 9 heteroatoms. The number of hydrogen-bond acceptors (Lipinski definition) is 4. The monoisotopic (exact) mass is 363 g/mol. The van der Waals surface area contributed by atoms with Gasteiger partial charge in [-0.1, -0.05) is 0 Å². The van der Waals surface area contributed by atoms with E-state index in [9.17, 15) is 26.7 Å². The summed E-state index contributed by atoms with van der Waals surface area (Å²) in [6.45, 7) is -3.99. The van der Waals surface area contributed by atoms with Crippen molar-refractivity contribution in [3.8, 4) is 5.75 Å². The van der Waals surface area contributed by atoms with Gasteiger partial charge in [0.05, 0.1) is 5.92 Å². The quantitative estimate of drug-likeness (QED) is 0.432. The average Bonchev–Trinajstić information content (AvgIpc) is 2.56. The Labute approximate surface area is 139 Å². The Kier molecular flexibility index (Phi) is 6.13. The first-order chi connectivity index (χ1) is 11.8. The minimum absolute atomic E-state index is 0.111. The fourth-order valence-corrected chi connectivity index (χ4v) is 2.26. The zero-order valence-electron chi connectivity index (χ0n) is 12.7. The van der Waals surface area contributed by atoms with Crippen LogP contribution in [0.25, 0.3) is 0 Å². The minimum atomic E-state index is -2.99. The van der Waals surface area contributed by atoms with E-state index in [1.807, 2.05) is 0 Å². The first kappa shape index (κ1) is 18.9. The minimum Gasteiger partial charge on any atom is -0.435 e. The normalized spacial score (nSPS) is 22.8. The second kappa shape index (κ2) is 8.11. The highest BCUT2D eigenvalue weighted by atomic mass is 19.3. The summed E-state index contributed by atoms with van der Waals surface area (Å²) in [6, 6.07) is 5.09. The average molecular weight is 363 g/mol. The molecule has 0 aromatic heterocycles. The maximum absolute atomic E-state index is 13.4. The molecule has 0 radical (unpaired) electrons. The Bertz CT molecular complexity index is 648. The third kappa shape index (κ3) is 5.02. The van der Waals surface area contributed by atoms with Gasteiger partial charge in [0.25, 0.3) is 6.43 Å². The van der Waals surface area contributed by atoms with Crippen LogP contribution in [0, 0.1) is 5.92 Å². The molecule has 0 amide bonds. The number of anilines is 1. The maximum atomic E-state index is 13.4. The first-order valence-electron chi connectivity index (χ1n) is 7.11. The van der Waals surface area contributed by atoms with Gasteiger partial charge in [0, 0.05) is 5.69 Å². The highest BCUT2D eigenvalue weighted by Crippen LogP contribution is 2.32. The smallest absolute Gasteiger partial charge is 0.387 e. The number of carbonyl (C=O) groups excluding carboxylic acids is 1. The van der Waals surface area contributed by atoms with Crippen LogP contribution in [0.1, 0.15) is 0 Å². The summed E-state index contributed by atoms with van der Waals surface area (Å²) in [7, 11) is 0. The second-order valence-electron chi connectivity index (χ2n) is 5.07. The number of hydrogen-bond donors (Lipinski definition) is 1. The molecule has 0 aliphatic heterocycles. The van der Waals surface area contributed by atoms with Crippen molar-refractivity contribution >= 4 is 12.0 Å². The number of allylic oxidation sites excluding steroid dienone is 2. The van der Waals surface area contributed by atoms with E-state index in [-0.39, 0.29) is 11.4 Å². The molecule has 2 atom stereocenters. The summed E-state index contributed by atoms with van der Waals surface area (Å²) in [5.74, 6) is -2.04. The van der Waals surface area contributed by atoms with E-state index < -0.39 is 37.1 Å². The van der Waals surface area contributed by atoms with Crippen molar-refractivity contribution in [2.75, 3.05) is 11.9 Å². The summed E-state index contributed by atoms with van der Waals surface area (Å²) >= 11 is 0. The van der Waals surface area contributed by atoms with Crippen molar-refractivity contribution in [2.45, 2.75) is 18.8 Å². The lowest BCUT2D eigenvalue weighted by Gasteiger charge is -2.37. The van der Waals surface area contributed by atoms with Crippen LogP contribution < -0.4 is 10.1 Å². The van der Waals surface area contributed by atoms with Crippen LogP contribution >= 0.6 is 0 Å². The van der Waals surface area contributed by atoms with Gasteiger partial charge in [0.1, 0.15) is 24.5 Å². The summed E-state index contributed by atoms with van der Waals surface area (Å²) in [5, 5.41) is 2.72. The number of ether oxygens (including phenoxy) is 2. The van der Waals surface area contributed by atoms with Crippen LogP contribution in [-0.2, 0) is 9.53 Å². The Morgan fingerprint density at radius 2 is 1.88 bits per heavy atom. The van der Waals surface area contributed by atoms with Crippen LogP contribution in [0.2, 0.25) is 0 Å². The number of carbonyl (C=O) groups is 1. The molecule has 1 aromatic rings. The van der Waals surface area contributed by atoms with Crippen molar-refractivity contribution in [3.05, 3.63) is 48.3 Å². The van der Waals surface area contributed by atoms with Gasteiger partial charge in [0.15, 0.2) is 5.72 Å². The molecule has 0 saturated carbocycles. The third-order valence-corrected chi connectivity index (χ3v) is 3.34. The SMILES string of the molecule is O=CC1C=C(F)C=CC1(Nc1ccc(OC(F)F)cc1)OCC(F)F. The molecule has 1 N–H and O–H groups in total. The zero-order chi connectivity index (χ0) is 18.4. The van der Waals surface area contributed by atoms with Crippen molar-refractivity contribution < 1.29 is 36.2 Å². The number of halogens is 5. The molecular weight excluding hydrogens is 349 g/mol. The predicted octanol–water partition coefficient (Wildman–Crippen LogP) is 3.92. The van der Waals surface area contributed by atoms with E-state index in [1.54, 1.807) is 0 Å². The van der Waals surface area contributed by atoms with Gasteiger partial charge in [-0.3, -0.25) is 0 Å². The van der Waals surface area contributed by atoms with E-state index in [1.165, 1.54) is 24.3 Å². The van der Waals surface area contributed by atoms with Gasteiger partial charge in [0.2, 0.25) is 0 Å². The standard InChI is InChI=1S/C16H14F5NO3/c17-11-5-6-16(10(7-11)8-23,24-9-14(18)19)22-12-1-3-13(4-2-12)25-15(20)21/h1-8,10,14-15,22H,9H2. The van der Waals surface area contributed by atoms with Crippen molar-refractivity contribution in [1.29, 1.82) is 0 Å². The fourth-order valence-electron chi connectivity index (χ4n) is 2.26. The molecule has 1 aliphatic rings. The van der Waals surface area contributed by atoms with Gasteiger partial charge in [-0.2, -0.15) is 8.78 Å². The van der Waals surface area contributed by atoms with Gasteiger partial charge < -0.3 is 19.6 Å². The summed E-state index contributed by atoms with van der Waals surface area (Å²) in [6.07, 6.45) is 0.576. The number of rotatable bonds is 8. The molecule has 0 bridgehead atoms. The Morgan fingerprint density at radius 3 is 2.44 bits per heavy atom. The van der Waals surface area contributed by atoms with Crippen LogP contribution in [0.4, 0.5) is 27.6 Å². The highest BCUT2D eigenvalue weighted by Gasteiger charge is 2.40. The van der Waals surface area contributed by atoms with E-state index in [2.05, 4.69) is 10.1 Å². The number of alkyl halides is 4. The Hall–Kier alpha value is -2.42. The summed E-state index contributed by atoms with van der Waals surface area (Å²) in [5.41, 5.74) is -1.47. The molecule has 4 nitrogen and oxygen atoms in total. The molecule has 136 valence electrons. The van der Waals surface area contributed by atoms with Gasteiger partial charge >= 0.3 is 6.61 Å². The number of nitrogens with one attached hydrogen (secondary N) is 1. The Balaban J connectivity index is 2.24. The summed E-state index contributed by atoms with van der Waals surface area (Å²) in [4.78, 5) is 11.3. The zero-order valence-corrected chi connectivity index (χ0v) is 12.7. The van der Waals surface area contributed by atoms with E-state index in [0.717, 1.165) is 18.2 Å². The van der Waals surface area contributed by atoms with Gasteiger partial charge in [-0.15, -0.1) is 0 Å². The molecule has 2 unspecified atom stereocenters. The van der Waals surface area contributed by atoms with E-state index in [0.29, 0.717) is 6.29 Å². The summed E-state index contributed by atoms with van der Waals surface area (Å²) < 4.78 is 72.1. The van der Waals surface area contributed by atoms with Gasteiger partial charge in [-0.05, 0) is 42.5 Å². The highest BCUT2D eigenvalue weighted by molar-refractivity contribution is 5.64. The topological polar surface area (TPSA) is 47.6 Å². The Morgan fingerprint density at radius 1 is 1.20 bits per heavy atom. The van der Waals surface area contributed by atoms with E-state index in [4.69, 9.17) is 4.74 Å². The largest absolute Gasteiger partial charge is 0.435 e. The van der Waals surface area contributed by atoms with Crippen molar-refractivity contribution in [3.63, 3.8) is 0 Å². The third-order valence-electron chi connectivity index (χ3n) is 3.34. The molecule has 1 aliphatic carbocycles. The van der Waals surface area contributed by atoms with Crippen LogP contribution in [0.5, 0.6) is 5.75 Å². The van der Waals surface area contributed by atoms with Crippen LogP contribution in [0.15, 0.2) is 48.3 Å². The molecule has 1 aromatic carbocycles. The second-order valence-corrected chi connectivity index (χ2v) is 5.07. The van der Waals surface area contributed by atoms with Crippen LogP contribution in [-0.4, -0.2) is 31.7 Å². The van der Waals surface area contributed by atoms with Crippen molar-refractivity contribution in [1.82, 2.24) is 0 Å². The number of benzene rings is 1. The lowest BCUT2D eigenvalue weighted by molar-refractivity contribution is -0.120. The molecule has 2 rings (SSSR count). The lowest BCUT2D eigenvalue weighted by atomic mass is 9.91. The van der Waals surface area contributed by atoms with Crippen molar-refractivity contribution in [2.24, 2.45) is 5.92 Å². The molecule has 0 heterocycles. The lowest BCUT2D eigenvalue weighted by Crippen LogP contribution is -2.48. The molecular formula is C16H14F5NO3.